The van der Waals surface area contributed by atoms with Crippen molar-refractivity contribution >= 4 is 23.3 Å². The van der Waals surface area contributed by atoms with Gasteiger partial charge >= 0.3 is 6.18 Å². The number of aromatic amines is 1. The molecule has 0 spiro atoms. The fraction of sp³-hybridized carbons (Fsp3) is 0.231. The maximum Gasteiger partial charge on any atom is 0.416 e. The van der Waals surface area contributed by atoms with Crippen LogP contribution >= 0.6 is 12.2 Å². The first-order chi connectivity index (χ1) is 9.84. The van der Waals surface area contributed by atoms with E-state index in [1.807, 2.05) is 0 Å². The molecular formula is C13H10F3N3OS. The van der Waals surface area contributed by atoms with Crippen LogP contribution in [0.2, 0.25) is 0 Å². The monoisotopic (exact) mass is 313 g/mol. The van der Waals surface area contributed by atoms with Gasteiger partial charge in [0.15, 0.2) is 4.77 Å². The summed E-state index contributed by atoms with van der Waals surface area (Å²) >= 11 is 5.16. The van der Waals surface area contributed by atoms with E-state index in [1.165, 1.54) is 6.07 Å². The quantitative estimate of drug-likeness (QED) is 0.726. The largest absolute Gasteiger partial charge is 0.416 e. The van der Waals surface area contributed by atoms with Crippen LogP contribution in [0.4, 0.5) is 13.2 Å². The lowest BCUT2D eigenvalue weighted by atomic mass is 10.2. The summed E-state index contributed by atoms with van der Waals surface area (Å²) in [5.41, 5.74) is 0.878. The second-order valence-corrected chi connectivity index (χ2v) is 5.06. The van der Waals surface area contributed by atoms with Crippen molar-refractivity contribution in [2.75, 3.05) is 0 Å². The van der Waals surface area contributed by atoms with Gasteiger partial charge in [0.2, 0.25) is 0 Å². The van der Waals surface area contributed by atoms with Gasteiger partial charge in [-0.2, -0.15) is 13.2 Å². The van der Waals surface area contributed by atoms with E-state index in [0.717, 1.165) is 12.1 Å². The molecule has 0 amide bonds. The summed E-state index contributed by atoms with van der Waals surface area (Å²) in [5.74, 6) is 0.663. The molecule has 0 saturated heterocycles. The summed E-state index contributed by atoms with van der Waals surface area (Å²) in [5, 5.41) is 3.86. The minimum Gasteiger partial charge on any atom is -0.361 e. The Morgan fingerprint density at radius 2 is 2.10 bits per heavy atom. The fourth-order valence-electron chi connectivity index (χ4n) is 2.15. The number of aryl methyl sites for hydroxylation is 1. The number of hydrogen-bond acceptors (Lipinski definition) is 3. The van der Waals surface area contributed by atoms with E-state index in [1.54, 1.807) is 17.6 Å². The highest BCUT2D eigenvalue weighted by molar-refractivity contribution is 7.71. The molecule has 0 fully saturated rings. The lowest BCUT2D eigenvalue weighted by molar-refractivity contribution is -0.137. The maximum absolute atomic E-state index is 12.7. The summed E-state index contributed by atoms with van der Waals surface area (Å²) in [6.45, 7) is 2.10. The smallest absolute Gasteiger partial charge is 0.361 e. The van der Waals surface area contributed by atoms with Gasteiger partial charge in [-0.25, -0.2) is 0 Å². The normalized spacial score (nSPS) is 12.2. The van der Waals surface area contributed by atoms with Crippen molar-refractivity contribution in [2.24, 2.45) is 0 Å². The third kappa shape index (κ3) is 2.58. The van der Waals surface area contributed by atoms with Crippen molar-refractivity contribution in [1.82, 2.24) is 14.7 Å². The second-order valence-electron chi connectivity index (χ2n) is 4.67. The summed E-state index contributed by atoms with van der Waals surface area (Å²) in [6.07, 6.45) is -4.38. The molecule has 0 aliphatic heterocycles. The first-order valence-electron chi connectivity index (χ1n) is 6.06. The number of H-pyrrole nitrogens is 1. The molecule has 8 heteroatoms. The van der Waals surface area contributed by atoms with Crippen LogP contribution in [0.15, 0.2) is 28.8 Å². The lowest BCUT2D eigenvalue weighted by Crippen LogP contribution is -2.04. The zero-order chi connectivity index (χ0) is 15.2. The number of nitrogens with zero attached hydrogens (tertiary/aromatic N) is 2. The molecule has 2 heterocycles. The highest BCUT2D eigenvalue weighted by Gasteiger charge is 2.30. The third-order valence-electron chi connectivity index (χ3n) is 3.10. The van der Waals surface area contributed by atoms with Crippen molar-refractivity contribution in [3.05, 3.63) is 46.1 Å². The minimum atomic E-state index is -4.38. The highest BCUT2D eigenvalue weighted by Crippen LogP contribution is 2.31. The number of imidazole rings is 1. The molecule has 0 aliphatic carbocycles. The number of alkyl halides is 3. The van der Waals surface area contributed by atoms with E-state index in [-0.39, 0.29) is 0 Å². The average Bonchev–Trinajstić information content (AvgIpc) is 2.93. The van der Waals surface area contributed by atoms with E-state index >= 15 is 0 Å². The van der Waals surface area contributed by atoms with Crippen LogP contribution in [0, 0.1) is 11.7 Å². The van der Waals surface area contributed by atoms with Crippen LogP contribution in [0.3, 0.4) is 0 Å². The molecule has 0 saturated carbocycles. The number of benzene rings is 1. The Kier molecular flexibility index (Phi) is 3.12. The molecule has 0 atom stereocenters. The number of nitrogens with one attached hydrogen (secondary N) is 1. The van der Waals surface area contributed by atoms with Crippen molar-refractivity contribution in [3.8, 4) is 0 Å². The molecule has 1 N–H and O–H groups in total. The molecule has 0 radical (unpaired) electrons. The van der Waals surface area contributed by atoms with Crippen LogP contribution in [-0.4, -0.2) is 14.7 Å². The van der Waals surface area contributed by atoms with Crippen molar-refractivity contribution in [1.29, 1.82) is 0 Å². The van der Waals surface area contributed by atoms with Gasteiger partial charge in [-0.05, 0) is 37.3 Å². The zero-order valence-corrected chi connectivity index (χ0v) is 11.7. The van der Waals surface area contributed by atoms with E-state index in [9.17, 15) is 13.2 Å². The molecule has 110 valence electrons. The zero-order valence-electron chi connectivity index (χ0n) is 10.9. The van der Waals surface area contributed by atoms with Gasteiger partial charge in [-0.1, -0.05) is 5.16 Å². The Morgan fingerprint density at radius 3 is 2.71 bits per heavy atom. The van der Waals surface area contributed by atoms with Crippen LogP contribution in [0.1, 0.15) is 17.0 Å². The Hall–Kier alpha value is -2.09. The van der Waals surface area contributed by atoms with Gasteiger partial charge < -0.3 is 14.1 Å². The number of fused-ring (bicyclic) bond motifs is 1. The van der Waals surface area contributed by atoms with Crippen LogP contribution in [0.5, 0.6) is 0 Å². The van der Waals surface area contributed by atoms with Crippen molar-refractivity contribution < 1.29 is 17.7 Å². The molecule has 2 aromatic heterocycles. The van der Waals surface area contributed by atoms with Crippen LogP contribution in [0.25, 0.3) is 11.0 Å². The summed E-state index contributed by atoms with van der Waals surface area (Å²) in [7, 11) is 0. The van der Waals surface area contributed by atoms with Crippen LogP contribution in [-0.2, 0) is 12.7 Å². The van der Waals surface area contributed by atoms with Gasteiger partial charge in [-0.3, -0.25) is 0 Å². The molecule has 0 aliphatic rings. The van der Waals surface area contributed by atoms with Gasteiger partial charge in [-0.15, -0.1) is 0 Å². The maximum atomic E-state index is 12.7. The standard InChI is InChI=1S/C13H10F3N3OS/c1-7-4-9(18-20-7)6-19-11-3-2-8(13(14,15)16)5-10(11)17-12(19)21/h2-5H,6H2,1H3,(H,17,21). The number of hydrogen-bond donors (Lipinski definition) is 1. The van der Waals surface area contributed by atoms with E-state index in [4.69, 9.17) is 16.7 Å². The molecule has 21 heavy (non-hydrogen) atoms. The topological polar surface area (TPSA) is 46.8 Å². The van der Waals surface area contributed by atoms with Crippen molar-refractivity contribution in [3.63, 3.8) is 0 Å². The third-order valence-corrected chi connectivity index (χ3v) is 3.42. The molecule has 0 bridgehead atoms. The summed E-state index contributed by atoms with van der Waals surface area (Å²) in [4.78, 5) is 2.79. The highest BCUT2D eigenvalue weighted by atomic mass is 32.1. The molecule has 1 aromatic carbocycles. The second kappa shape index (κ2) is 4.73. The van der Waals surface area contributed by atoms with Gasteiger partial charge in [0, 0.05) is 6.07 Å². The van der Waals surface area contributed by atoms with Gasteiger partial charge in [0.05, 0.1) is 23.1 Å². The van der Waals surface area contributed by atoms with E-state index in [2.05, 4.69) is 10.1 Å². The number of rotatable bonds is 2. The van der Waals surface area contributed by atoms with Crippen LogP contribution < -0.4 is 0 Å². The Bertz CT molecular complexity index is 860. The number of halogens is 3. The molecule has 3 rings (SSSR count). The van der Waals surface area contributed by atoms with Gasteiger partial charge in [0.1, 0.15) is 11.5 Å². The average molecular weight is 313 g/mol. The Balaban J connectivity index is 2.07. The molecule has 3 aromatic rings. The number of aromatic nitrogens is 3. The SMILES string of the molecule is Cc1cc(Cn2c(=S)[nH]c3cc(C(F)(F)F)ccc32)no1. The van der Waals surface area contributed by atoms with E-state index in [0.29, 0.717) is 33.8 Å². The fourth-order valence-corrected chi connectivity index (χ4v) is 2.42. The molecule has 0 unspecified atom stereocenters. The summed E-state index contributed by atoms with van der Waals surface area (Å²) in [6, 6.07) is 5.24. The predicted molar refractivity (Wildman–Crippen MR) is 72.5 cm³/mol. The first kappa shape index (κ1) is 13.9. The molecule has 4 nitrogen and oxygen atoms in total. The first-order valence-corrected chi connectivity index (χ1v) is 6.47. The Labute approximate surface area is 122 Å². The van der Waals surface area contributed by atoms with Gasteiger partial charge in [0.25, 0.3) is 0 Å². The van der Waals surface area contributed by atoms with Crippen molar-refractivity contribution in [2.45, 2.75) is 19.6 Å². The lowest BCUT2D eigenvalue weighted by Gasteiger charge is -2.06. The minimum absolute atomic E-state index is 0.335. The summed E-state index contributed by atoms with van der Waals surface area (Å²) < 4.78 is 45.1. The van der Waals surface area contributed by atoms with E-state index < -0.39 is 11.7 Å². The Morgan fingerprint density at radius 1 is 1.33 bits per heavy atom. The predicted octanol–water partition coefficient (Wildman–Crippen LogP) is 4.06. The molecular weight excluding hydrogens is 303 g/mol.